The summed E-state index contributed by atoms with van der Waals surface area (Å²) in [5.74, 6) is -1.56. The SMILES string of the molecule is C[N+](C)(C)C.[O-]B(O)OC1(c2cccc(F)c2)CCCC1(c1cccc(F)c1)c1cccc(F)c1. The highest BCUT2D eigenvalue weighted by Crippen LogP contribution is 2.60. The summed E-state index contributed by atoms with van der Waals surface area (Å²) >= 11 is 0. The van der Waals surface area contributed by atoms with Crippen LogP contribution < -0.4 is 5.02 Å². The largest absolute Gasteiger partial charge is 0.832 e. The zero-order valence-corrected chi connectivity index (χ0v) is 20.5. The molecule has 1 N–H and O–H groups in total. The fraction of sp³-hybridized carbons (Fsp3) is 0.333. The van der Waals surface area contributed by atoms with Crippen LogP contribution in [0, 0.1) is 17.5 Å². The molecule has 0 amide bonds. The van der Waals surface area contributed by atoms with Gasteiger partial charge in [-0.1, -0.05) is 36.4 Å². The number of hydrogen-bond donors (Lipinski definition) is 1. The Hall–Kier alpha value is -2.65. The molecule has 1 atom stereocenters. The molecule has 0 aromatic heterocycles. The van der Waals surface area contributed by atoms with Gasteiger partial charge >= 0.3 is 7.32 Å². The number of hydrogen-bond acceptors (Lipinski definition) is 3. The highest BCUT2D eigenvalue weighted by atomic mass is 19.1. The Bertz CT molecular complexity index is 1100. The lowest BCUT2D eigenvalue weighted by molar-refractivity contribution is -0.849. The summed E-state index contributed by atoms with van der Waals surface area (Å²) in [5.41, 5.74) is -1.52. The van der Waals surface area contributed by atoms with E-state index in [1.807, 2.05) is 0 Å². The molecule has 1 aliphatic carbocycles. The fourth-order valence-corrected chi connectivity index (χ4v) is 4.98. The lowest BCUT2D eigenvalue weighted by Gasteiger charge is -2.49. The van der Waals surface area contributed by atoms with Crippen LogP contribution in [0.15, 0.2) is 72.8 Å². The van der Waals surface area contributed by atoms with Crippen molar-refractivity contribution in [1.29, 1.82) is 0 Å². The summed E-state index contributed by atoms with van der Waals surface area (Å²) in [7, 11) is 6.08. The van der Waals surface area contributed by atoms with Crippen molar-refractivity contribution in [3.05, 3.63) is 107 Å². The first-order valence-corrected chi connectivity index (χ1v) is 11.5. The Labute approximate surface area is 205 Å². The van der Waals surface area contributed by atoms with Gasteiger partial charge in [0, 0.05) is 0 Å². The van der Waals surface area contributed by atoms with E-state index in [0.717, 1.165) is 4.48 Å². The van der Waals surface area contributed by atoms with Gasteiger partial charge in [0.1, 0.15) is 17.5 Å². The van der Waals surface area contributed by atoms with E-state index in [4.69, 9.17) is 4.65 Å². The predicted molar refractivity (Wildman–Crippen MR) is 129 cm³/mol. The van der Waals surface area contributed by atoms with Gasteiger partial charge in [-0.15, -0.1) is 0 Å². The standard InChI is InChI=1S/C23H19BF3O3.C4H12N/c25-19-8-1-5-16(13-19)22(17-6-2-9-20(26)14-17)11-4-12-23(22,30-24(28)29)18-7-3-10-21(27)15-18;1-5(2,3)4/h1-3,5-10,13-15,28H,4,11-12H2;1-4H3/q-1;+1. The quantitative estimate of drug-likeness (QED) is 0.437. The van der Waals surface area contributed by atoms with Crippen LogP contribution in [-0.2, 0) is 15.7 Å². The Morgan fingerprint density at radius 2 is 1.17 bits per heavy atom. The minimum Gasteiger partial charge on any atom is -0.832 e. The molecule has 0 saturated heterocycles. The first-order valence-electron chi connectivity index (χ1n) is 11.5. The first kappa shape index (κ1) is 27.0. The maximum Gasteiger partial charge on any atom is 0.343 e. The Morgan fingerprint density at radius 3 is 1.57 bits per heavy atom. The van der Waals surface area contributed by atoms with Crippen LogP contribution in [-0.4, -0.2) is 45.0 Å². The van der Waals surface area contributed by atoms with Gasteiger partial charge in [-0.25, -0.2) is 13.2 Å². The second-order valence-corrected chi connectivity index (χ2v) is 10.2. The molecular formula is C27H31BF3NO3. The summed E-state index contributed by atoms with van der Waals surface area (Å²) in [6.45, 7) is 0. The van der Waals surface area contributed by atoms with Crippen molar-refractivity contribution in [3.8, 4) is 0 Å². The molecule has 1 aliphatic rings. The lowest BCUT2D eigenvalue weighted by atomic mass is 9.62. The molecule has 0 aliphatic heterocycles. The van der Waals surface area contributed by atoms with Crippen molar-refractivity contribution in [2.24, 2.45) is 0 Å². The zero-order valence-electron chi connectivity index (χ0n) is 20.5. The minimum absolute atomic E-state index is 0.253. The third-order valence-electron chi connectivity index (χ3n) is 6.00. The molecule has 1 saturated carbocycles. The van der Waals surface area contributed by atoms with E-state index in [0.29, 0.717) is 29.5 Å². The third kappa shape index (κ3) is 5.96. The number of quaternary nitrogens is 1. The van der Waals surface area contributed by atoms with E-state index in [1.165, 1.54) is 54.6 Å². The molecule has 8 heteroatoms. The highest BCUT2D eigenvalue weighted by molar-refractivity contribution is 6.30. The zero-order chi connectivity index (χ0) is 25.9. The maximum absolute atomic E-state index is 14.3. The average Bonchev–Trinajstić information content (AvgIpc) is 3.13. The van der Waals surface area contributed by atoms with E-state index in [-0.39, 0.29) is 6.42 Å². The van der Waals surface area contributed by atoms with E-state index in [1.54, 1.807) is 18.2 Å². The van der Waals surface area contributed by atoms with E-state index in [9.17, 15) is 23.2 Å². The van der Waals surface area contributed by atoms with Gasteiger partial charge in [0.15, 0.2) is 0 Å². The molecule has 4 rings (SSSR count). The summed E-state index contributed by atoms with van der Waals surface area (Å²) < 4.78 is 49.4. The monoisotopic (exact) mass is 485 g/mol. The molecule has 35 heavy (non-hydrogen) atoms. The van der Waals surface area contributed by atoms with Crippen molar-refractivity contribution < 1.29 is 32.4 Å². The van der Waals surface area contributed by atoms with E-state index in [2.05, 4.69) is 28.2 Å². The van der Waals surface area contributed by atoms with Crippen LogP contribution >= 0.6 is 0 Å². The molecule has 4 nitrogen and oxygen atoms in total. The molecule has 0 heterocycles. The van der Waals surface area contributed by atoms with Gasteiger partial charge < -0.3 is 19.2 Å². The van der Waals surface area contributed by atoms with E-state index >= 15 is 0 Å². The second kappa shape index (κ2) is 10.5. The van der Waals surface area contributed by atoms with Crippen LogP contribution in [0.4, 0.5) is 13.2 Å². The summed E-state index contributed by atoms with van der Waals surface area (Å²) in [6.07, 6.45) is 1.15. The first-order chi connectivity index (χ1) is 16.4. The van der Waals surface area contributed by atoms with Crippen LogP contribution in [0.25, 0.3) is 0 Å². The molecule has 1 unspecified atom stereocenters. The molecule has 3 aromatic carbocycles. The average molecular weight is 485 g/mol. The minimum atomic E-state index is -2.42. The van der Waals surface area contributed by atoms with Crippen molar-refractivity contribution in [2.75, 3.05) is 28.2 Å². The van der Waals surface area contributed by atoms with Crippen molar-refractivity contribution in [2.45, 2.75) is 30.3 Å². The molecule has 0 radical (unpaired) electrons. The van der Waals surface area contributed by atoms with E-state index < -0.39 is 35.8 Å². The third-order valence-corrected chi connectivity index (χ3v) is 6.00. The molecule has 3 aromatic rings. The van der Waals surface area contributed by atoms with Crippen LogP contribution in [0.5, 0.6) is 0 Å². The topological polar surface area (TPSA) is 52.5 Å². The van der Waals surface area contributed by atoms with Crippen molar-refractivity contribution in [1.82, 2.24) is 0 Å². The molecule has 0 spiro atoms. The highest BCUT2D eigenvalue weighted by Gasteiger charge is 2.59. The van der Waals surface area contributed by atoms with Gasteiger partial charge in [0.25, 0.3) is 0 Å². The summed E-state index contributed by atoms with van der Waals surface area (Å²) in [4.78, 5) is 0. The summed E-state index contributed by atoms with van der Waals surface area (Å²) in [5, 5.41) is 21.6. The predicted octanol–water partition coefficient (Wildman–Crippen LogP) is 4.15. The van der Waals surface area contributed by atoms with Crippen LogP contribution in [0.2, 0.25) is 0 Å². The molecule has 0 bridgehead atoms. The van der Waals surface area contributed by atoms with Gasteiger partial charge in [0.05, 0.1) is 39.2 Å². The smallest absolute Gasteiger partial charge is 0.343 e. The molecule has 1 fully saturated rings. The van der Waals surface area contributed by atoms with Crippen molar-refractivity contribution >= 4 is 7.32 Å². The van der Waals surface area contributed by atoms with Gasteiger partial charge in [-0.05, 0) is 72.4 Å². The van der Waals surface area contributed by atoms with Gasteiger partial charge in [0.2, 0.25) is 0 Å². The second-order valence-electron chi connectivity index (χ2n) is 10.2. The van der Waals surface area contributed by atoms with Gasteiger partial charge in [-0.3, -0.25) is 0 Å². The van der Waals surface area contributed by atoms with Crippen LogP contribution in [0.1, 0.15) is 36.0 Å². The van der Waals surface area contributed by atoms with Crippen molar-refractivity contribution in [3.63, 3.8) is 0 Å². The number of benzene rings is 3. The number of rotatable bonds is 5. The summed E-state index contributed by atoms with van der Waals surface area (Å²) in [6, 6.07) is 17.2. The Morgan fingerprint density at radius 1 is 0.771 bits per heavy atom. The normalized spacial score (nSPS) is 19.1. The Kier molecular flexibility index (Phi) is 8.12. The fourth-order valence-electron chi connectivity index (χ4n) is 4.98. The van der Waals surface area contributed by atoms with Crippen LogP contribution in [0.3, 0.4) is 0 Å². The van der Waals surface area contributed by atoms with Gasteiger partial charge in [-0.2, -0.15) is 0 Å². The molecule has 186 valence electrons. The maximum atomic E-state index is 14.3. The molecular weight excluding hydrogens is 454 g/mol. The number of halogens is 3. The lowest BCUT2D eigenvalue weighted by Crippen LogP contribution is -2.54. The Balaban J connectivity index is 0.000000623. The number of nitrogens with zero attached hydrogens (tertiary/aromatic N) is 1.